The molecule has 4 aromatic rings. The molecule has 1 saturated heterocycles. The topological polar surface area (TPSA) is 73.4 Å². The minimum absolute atomic E-state index is 0.0527. The first-order valence-electron chi connectivity index (χ1n) is 13.5. The number of hydrogen-bond acceptors (Lipinski definition) is 6. The van der Waals surface area contributed by atoms with Crippen molar-refractivity contribution in [2.45, 2.75) is 25.9 Å². The van der Waals surface area contributed by atoms with Crippen LogP contribution in [-0.4, -0.2) is 48.0 Å². The molecule has 1 aliphatic rings. The zero-order valence-electron chi connectivity index (χ0n) is 22.7. The smallest absolute Gasteiger partial charge is 0.227 e. The monoisotopic (exact) mass is 520 g/mol. The molecule has 3 aromatic carbocycles. The van der Waals surface area contributed by atoms with Crippen LogP contribution in [0, 0.1) is 5.92 Å². The Morgan fingerprint density at radius 1 is 1.00 bits per heavy atom. The lowest BCUT2D eigenvalue weighted by Crippen LogP contribution is -2.37. The molecule has 7 heteroatoms. The van der Waals surface area contributed by atoms with E-state index in [-0.39, 0.29) is 11.8 Å². The van der Waals surface area contributed by atoms with Gasteiger partial charge in [-0.05, 0) is 66.9 Å². The van der Waals surface area contributed by atoms with Gasteiger partial charge < -0.3 is 15.5 Å². The minimum atomic E-state index is 0.0527. The van der Waals surface area contributed by atoms with Crippen molar-refractivity contribution in [3.05, 3.63) is 96.1 Å². The van der Waals surface area contributed by atoms with E-state index in [0.717, 1.165) is 66.0 Å². The van der Waals surface area contributed by atoms with Gasteiger partial charge in [-0.3, -0.25) is 9.69 Å². The first-order chi connectivity index (χ1) is 19.0. The highest BCUT2D eigenvalue weighted by molar-refractivity contribution is 5.93. The molecule has 0 bridgehead atoms. The van der Waals surface area contributed by atoms with Crippen LogP contribution in [0.4, 0.5) is 17.5 Å². The average molecular weight is 521 g/mol. The Kier molecular flexibility index (Phi) is 8.18. The van der Waals surface area contributed by atoms with Crippen molar-refractivity contribution in [2.24, 2.45) is 5.92 Å². The SMILES string of the molecule is C=Cc1ccc2c(NCc3ccc(NC(=O)C4CCN(Cc5ccccc5)CC4)cc3)nc(N(C)C)nc2c1. The fourth-order valence-electron chi connectivity index (χ4n) is 4.93. The molecular formula is C32H36N6O. The summed E-state index contributed by atoms with van der Waals surface area (Å²) in [5.41, 5.74) is 5.14. The third-order valence-electron chi connectivity index (χ3n) is 7.23. The Morgan fingerprint density at radius 3 is 2.44 bits per heavy atom. The molecule has 1 aromatic heterocycles. The number of hydrogen-bond donors (Lipinski definition) is 2. The van der Waals surface area contributed by atoms with Crippen molar-refractivity contribution in [1.29, 1.82) is 0 Å². The van der Waals surface area contributed by atoms with Crippen LogP contribution in [0.25, 0.3) is 17.0 Å². The van der Waals surface area contributed by atoms with E-state index in [9.17, 15) is 4.79 Å². The fraction of sp³-hybridized carbons (Fsp3) is 0.281. The maximum absolute atomic E-state index is 12.9. The Bertz CT molecular complexity index is 1430. The highest BCUT2D eigenvalue weighted by Crippen LogP contribution is 2.26. The summed E-state index contributed by atoms with van der Waals surface area (Å²) < 4.78 is 0. The predicted octanol–water partition coefficient (Wildman–Crippen LogP) is 5.80. The quantitative estimate of drug-likeness (QED) is 0.291. The zero-order chi connectivity index (χ0) is 27.2. The third-order valence-corrected chi connectivity index (χ3v) is 7.23. The standard InChI is InChI=1S/C32H36N6O/c1-4-23-12-15-28-29(20-23)35-32(37(2)3)36-30(28)33-21-24-10-13-27(14-11-24)34-31(39)26-16-18-38(19-17-26)22-25-8-6-5-7-9-25/h4-15,20,26H,1,16-19,21-22H2,2-3H3,(H,34,39)(H,33,35,36). The van der Waals surface area contributed by atoms with Crippen molar-refractivity contribution in [2.75, 3.05) is 42.7 Å². The van der Waals surface area contributed by atoms with Gasteiger partial charge in [-0.1, -0.05) is 61.2 Å². The van der Waals surface area contributed by atoms with Gasteiger partial charge in [0.25, 0.3) is 0 Å². The zero-order valence-corrected chi connectivity index (χ0v) is 22.7. The summed E-state index contributed by atoms with van der Waals surface area (Å²) in [4.78, 5) is 26.7. The van der Waals surface area contributed by atoms with Gasteiger partial charge in [0.05, 0.1) is 5.52 Å². The summed E-state index contributed by atoms with van der Waals surface area (Å²) >= 11 is 0. The van der Waals surface area contributed by atoms with E-state index in [2.05, 4.69) is 51.4 Å². The molecule has 0 spiro atoms. The summed E-state index contributed by atoms with van der Waals surface area (Å²) in [7, 11) is 3.87. The number of likely N-dealkylation sites (tertiary alicyclic amines) is 1. The molecular weight excluding hydrogens is 484 g/mol. The highest BCUT2D eigenvalue weighted by Gasteiger charge is 2.25. The van der Waals surface area contributed by atoms with Crippen LogP contribution in [-0.2, 0) is 17.9 Å². The first kappa shape index (κ1) is 26.4. The van der Waals surface area contributed by atoms with E-state index >= 15 is 0 Å². The summed E-state index contributed by atoms with van der Waals surface area (Å²) in [6.45, 7) is 7.31. The number of nitrogens with one attached hydrogen (secondary N) is 2. The number of carbonyl (C=O) groups is 1. The largest absolute Gasteiger partial charge is 0.365 e. The van der Waals surface area contributed by atoms with Crippen LogP contribution in [0.5, 0.6) is 0 Å². The fourth-order valence-corrected chi connectivity index (χ4v) is 4.93. The molecule has 7 nitrogen and oxygen atoms in total. The van der Waals surface area contributed by atoms with Crippen molar-refractivity contribution >= 4 is 40.3 Å². The molecule has 1 fully saturated rings. The molecule has 0 radical (unpaired) electrons. The van der Waals surface area contributed by atoms with E-state index in [4.69, 9.17) is 4.98 Å². The number of aromatic nitrogens is 2. The van der Waals surface area contributed by atoms with Gasteiger partial charge in [-0.15, -0.1) is 0 Å². The number of nitrogens with zero attached hydrogens (tertiary/aromatic N) is 4. The average Bonchev–Trinajstić information content (AvgIpc) is 2.97. The Labute approximate surface area is 230 Å². The van der Waals surface area contributed by atoms with E-state index in [1.54, 1.807) is 0 Å². The second-order valence-electron chi connectivity index (χ2n) is 10.3. The second kappa shape index (κ2) is 12.1. The van der Waals surface area contributed by atoms with Gasteiger partial charge in [0.2, 0.25) is 11.9 Å². The maximum Gasteiger partial charge on any atom is 0.227 e. The number of anilines is 3. The molecule has 1 amide bonds. The molecule has 2 heterocycles. The van der Waals surface area contributed by atoms with Gasteiger partial charge in [0.1, 0.15) is 5.82 Å². The van der Waals surface area contributed by atoms with Crippen LogP contribution in [0.15, 0.2) is 79.4 Å². The van der Waals surface area contributed by atoms with Gasteiger partial charge >= 0.3 is 0 Å². The van der Waals surface area contributed by atoms with Crippen LogP contribution >= 0.6 is 0 Å². The summed E-state index contributed by atoms with van der Waals surface area (Å²) in [6, 6.07) is 24.6. The van der Waals surface area contributed by atoms with Crippen molar-refractivity contribution in [1.82, 2.24) is 14.9 Å². The van der Waals surface area contributed by atoms with Crippen molar-refractivity contribution in [3.8, 4) is 0 Å². The molecule has 1 aliphatic heterocycles. The highest BCUT2D eigenvalue weighted by atomic mass is 16.1. The van der Waals surface area contributed by atoms with E-state index in [0.29, 0.717) is 12.5 Å². The minimum Gasteiger partial charge on any atom is -0.365 e. The molecule has 2 N–H and O–H groups in total. The number of fused-ring (bicyclic) bond motifs is 1. The Hall–Kier alpha value is -4.23. The molecule has 0 atom stereocenters. The Balaban J connectivity index is 1.16. The van der Waals surface area contributed by atoms with Crippen LogP contribution in [0.3, 0.4) is 0 Å². The lowest BCUT2D eigenvalue weighted by atomic mass is 9.95. The van der Waals surface area contributed by atoms with E-state index < -0.39 is 0 Å². The van der Waals surface area contributed by atoms with Crippen LogP contribution in [0.1, 0.15) is 29.5 Å². The number of piperidine rings is 1. The number of benzene rings is 3. The predicted molar refractivity (Wildman–Crippen MR) is 161 cm³/mol. The van der Waals surface area contributed by atoms with Gasteiger partial charge in [0, 0.05) is 44.2 Å². The second-order valence-corrected chi connectivity index (χ2v) is 10.3. The van der Waals surface area contributed by atoms with E-state index in [1.807, 2.05) is 73.6 Å². The van der Waals surface area contributed by atoms with Gasteiger partial charge in [-0.2, -0.15) is 4.98 Å². The molecule has 5 rings (SSSR count). The summed E-state index contributed by atoms with van der Waals surface area (Å²) in [5, 5.41) is 7.56. The number of rotatable bonds is 9. The van der Waals surface area contributed by atoms with Crippen molar-refractivity contribution < 1.29 is 4.79 Å². The number of carbonyl (C=O) groups excluding carboxylic acids is 1. The number of amides is 1. The normalized spacial score (nSPS) is 14.2. The third kappa shape index (κ3) is 6.62. The lowest BCUT2D eigenvalue weighted by molar-refractivity contribution is -0.121. The van der Waals surface area contributed by atoms with Crippen molar-refractivity contribution in [3.63, 3.8) is 0 Å². The molecule has 0 saturated carbocycles. The van der Waals surface area contributed by atoms with Gasteiger partial charge in [-0.25, -0.2) is 4.98 Å². The summed E-state index contributed by atoms with van der Waals surface area (Å²) in [6.07, 6.45) is 3.59. The lowest BCUT2D eigenvalue weighted by Gasteiger charge is -2.31. The molecule has 0 unspecified atom stereocenters. The van der Waals surface area contributed by atoms with Crippen LogP contribution < -0.4 is 15.5 Å². The maximum atomic E-state index is 12.9. The summed E-state index contributed by atoms with van der Waals surface area (Å²) in [5.74, 6) is 1.60. The first-order valence-corrected chi connectivity index (χ1v) is 13.5. The molecule has 39 heavy (non-hydrogen) atoms. The van der Waals surface area contributed by atoms with E-state index in [1.165, 1.54) is 5.56 Å². The Morgan fingerprint density at radius 2 is 1.74 bits per heavy atom. The molecule has 0 aliphatic carbocycles. The van der Waals surface area contributed by atoms with Gasteiger partial charge in [0.15, 0.2) is 0 Å². The molecule has 200 valence electrons. The van der Waals surface area contributed by atoms with Crippen LogP contribution in [0.2, 0.25) is 0 Å².